The lowest BCUT2D eigenvalue weighted by Crippen LogP contribution is -2.04. The second-order valence-corrected chi connectivity index (χ2v) is 5.70. The molecule has 0 saturated heterocycles. The van der Waals surface area contributed by atoms with Crippen LogP contribution in [0.1, 0.15) is 60.9 Å². The van der Waals surface area contributed by atoms with E-state index in [9.17, 15) is 0 Å². The first-order valence-corrected chi connectivity index (χ1v) is 7.18. The highest BCUT2D eigenvalue weighted by Crippen LogP contribution is 2.32. The molecule has 90 valence electrons. The van der Waals surface area contributed by atoms with Crippen molar-refractivity contribution in [2.45, 2.75) is 57.4 Å². The van der Waals surface area contributed by atoms with Crippen LogP contribution in [0.2, 0.25) is 0 Å². The summed E-state index contributed by atoms with van der Waals surface area (Å²) < 4.78 is 0. The van der Waals surface area contributed by atoms with Gasteiger partial charge in [-0.2, -0.15) is 0 Å². The average Bonchev–Trinajstić information content (AvgIpc) is 2.66. The second-order valence-electron chi connectivity index (χ2n) is 4.61. The standard InChI is InChI=1S/C12H21N3S/c1-13-9-11-14-15-12(16-11)10-7-5-3-2-4-6-8-10/h10,13H,2-9H2,1H3. The van der Waals surface area contributed by atoms with Crippen molar-refractivity contribution in [3.05, 3.63) is 10.0 Å². The number of hydrogen-bond donors (Lipinski definition) is 1. The molecule has 1 fully saturated rings. The van der Waals surface area contributed by atoms with Gasteiger partial charge < -0.3 is 5.32 Å². The minimum absolute atomic E-state index is 0.684. The largest absolute Gasteiger partial charge is 0.313 e. The summed E-state index contributed by atoms with van der Waals surface area (Å²) in [5, 5.41) is 14.1. The first-order chi connectivity index (χ1) is 7.90. The van der Waals surface area contributed by atoms with Crippen molar-refractivity contribution in [3.63, 3.8) is 0 Å². The molecule has 0 spiro atoms. The Bertz CT molecular complexity index is 303. The van der Waals surface area contributed by atoms with Crippen LogP contribution < -0.4 is 5.32 Å². The summed E-state index contributed by atoms with van der Waals surface area (Å²) in [6.45, 7) is 0.852. The van der Waals surface area contributed by atoms with Crippen LogP contribution in [0.5, 0.6) is 0 Å². The van der Waals surface area contributed by atoms with Crippen molar-refractivity contribution >= 4 is 11.3 Å². The lowest BCUT2D eigenvalue weighted by Gasteiger charge is -2.16. The number of rotatable bonds is 3. The lowest BCUT2D eigenvalue weighted by atomic mass is 9.92. The van der Waals surface area contributed by atoms with Gasteiger partial charge in [0.1, 0.15) is 10.0 Å². The van der Waals surface area contributed by atoms with E-state index in [1.165, 1.54) is 50.0 Å². The van der Waals surface area contributed by atoms with Gasteiger partial charge in [-0.3, -0.25) is 0 Å². The van der Waals surface area contributed by atoms with Gasteiger partial charge >= 0.3 is 0 Å². The van der Waals surface area contributed by atoms with Crippen LogP contribution in [0.15, 0.2) is 0 Å². The first kappa shape index (κ1) is 12.0. The molecular weight excluding hydrogens is 218 g/mol. The van der Waals surface area contributed by atoms with Crippen LogP contribution in [-0.2, 0) is 6.54 Å². The van der Waals surface area contributed by atoms with E-state index < -0.39 is 0 Å². The minimum Gasteiger partial charge on any atom is -0.313 e. The fraction of sp³-hybridized carbons (Fsp3) is 0.833. The van der Waals surface area contributed by atoms with Gasteiger partial charge in [-0.25, -0.2) is 0 Å². The van der Waals surface area contributed by atoms with Gasteiger partial charge in [-0.1, -0.05) is 43.4 Å². The zero-order valence-corrected chi connectivity index (χ0v) is 10.9. The maximum atomic E-state index is 4.36. The maximum absolute atomic E-state index is 4.36. The number of aromatic nitrogens is 2. The van der Waals surface area contributed by atoms with E-state index in [1.54, 1.807) is 11.3 Å². The molecule has 1 aromatic rings. The summed E-state index contributed by atoms with van der Waals surface area (Å²) in [7, 11) is 1.96. The Kier molecular flexibility index (Phi) is 4.72. The molecule has 4 heteroatoms. The smallest absolute Gasteiger partial charge is 0.131 e. The van der Waals surface area contributed by atoms with Crippen LogP contribution in [0, 0.1) is 0 Å². The first-order valence-electron chi connectivity index (χ1n) is 6.37. The Balaban J connectivity index is 1.97. The van der Waals surface area contributed by atoms with E-state index in [4.69, 9.17) is 0 Å². The third-order valence-electron chi connectivity index (χ3n) is 3.26. The molecule has 2 rings (SSSR count). The topological polar surface area (TPSA) is 37.8 Å². The minimum atomic E-state index is 0.684. The summed E-state index contributed by atoms with van der Waals surface area (Å²) in [6, 6.07) is 0. The third-order valence-corrected chi connectivity index (χ3v) is 4.35. The van der Waals surface area contributed by atoms with Crippen molar-refractivity contribution in [1.82, 2.24) is 15.5 Å². The van der Waals surface area contributed by atoms with Gasteiger partial charge in [0, 0.05) is 12.5 Å². The van der Waals surface area contributed by atoms with Crippen molar-refractivity contribution in [2.24, 2.45) is 0 Å². The Hall–Kier alpha value is -0.480. The van der Waals surface area contributed by atoms with Gasteiger partial charge in [0.15, 0.2) is 0 Å². The molecule has 1 heterocycles. The molecule has 1 aromatic heterocycles. The molecule has 0 amide bonds. The van der Waals surface area contributed by atoms with E-state index in [1.807, 2.05) is 7.05 Å². The molecule has 1 aliphatic carbocycles. The summed E-state index contributed by atoms with van der Waals surface area (Å²) in [5.41, 5.74) is 0. The predicted octanol–water partition coefficient (Wildman–Crippen LogP) is 3.09. The molecule has 1 N–H and O–H groups in total. The summed E-state index contributed by atoms with van der Waals surface area (Å²) >= 11 is 1.80. The molecule has 0 unspecified atom stereocenters. The molecular formula is C12H21N3S. The van der Waals surface area contributed by atoms with Crippen LogP contribution in [0.4, 0.5) is 0 Å². The molecule has 0 radical (unpaired) electrons. The van der Waals surface area contributed by atoms with Crippen LogP contribution >= 0.6 is 11.3 Å². The quantitative estimate of drug-likeness (QED) is 0.881. The van der Waals surface area contributed by atoms with E-state index >= 15 is 0 Å². The normalized spacial score (nSPS) is 19.3. The fourth-order valence-corrected chi connectivity index (χ4v) is 3.38. The zero-order valence-electron chi connectivity index (χ0n) is 10.0. The predicted molar refractivity (Wildman–Crippen MR) is 67.7 cm³/mol. The summed E-state index contributed by atoms with van der Waals surface area (Å²) in [6.07, 6.45) is 9.59. The van der Waals surface area contributed by atoms with Crippen LogP contribution in [-0.4, -0.2) is 17.2 Å². The highest BCUT2D eigenvalue weighted by Gasteiger charge is 2.17. The van der Waals surface area contributed by atoms with Crippen LogP contribution in [0.3, 0.4) is 0 Å². The van der Waals surface area contributed by atoms with Crippen molar-refractivity contribution in [2.75, 3.05) is 7.05 Å². The maximum Gasteiger partial charge on any atom is 0.131 e. The average molecular weight is 239 g/mol. The molecule has 0 atom stereocenters. The molecule has 0 bridgehead atoms. The highest BCUT2D eigenvalue weighted by molar-refractivity contribution is 7.11. The van der Waals surface area contributed by atoms with E-state index in [-0.39, 0.29) is 0 Å². The second kappa shape index (κ2) is 6.30. The molecule has 16 heavy (non-hydrogen) atoms. The number of hydrogen-bond acceptors (Lipinski definition) is 4. The molecule has 1 aliphatic rings. The number of nitrogens with zero attached hydrogens (tertiary/aromatic N) is 2. The zero-order chi connectivity index (χ0) is 11.2. The monoisotopic (exact) mass is 239 g/mol. The Labute approximate surface area is 102 Å². The Morgan fingerprint density at radius 1 is 1.12 bits per heavy atom. The fourth-order valence-electron chi connectivity index (χ4n) is 2.36. The summed E-state index contributed by atoms with van der Waals surface area (Å²) in [5.74, 6) is 0.684. The lowest BCUT2D eigenvalue weighted by molar-refractivity contribution is 0.453. The number of nitrogens with one attached hydrogen (secondary N) is 1. The third kappa shape index (κ3) is 3.25. The SMILES string of the molecule is CNCc1nnc(C2CCCCCCC2)s1. The molecule has 0 aromatic carbocycles. The van der Waals surface area contributed by atoms with E-state index in [0.717, 1.165) is 11.6 Å². The molecule has 1 saturated carbocycles. The molecule has 3 nitrogen and oxygen atoms in total. The van der Waals surface area contributed by atoms with Gasteiger partial charge in [0.25, 0.3) is 0 Å². The summed E-state index contributed by atoms with van der Waals surface area (Å²) in [4.78, 5) is 0. The van der Waals surface area contributed by atoms with Crippen molar-refractivity contribution in [3.8, 4) is 0 Å². The Morgan fingerprint density at radius 2 is 1.81 bits per heavy atom. The molecule has 0 aliphatic heterocycles. The van der Waals surface area contributed by atoms with E-state index in [0.29, 0.717) is 5.92 Å². The highest BCUT2D eigenvalue weighted by atomic mass is 32.1. The van der Waals surface area contributed by atoms with Crippen molar-refractivity contribution < 1.29 is 0 Å². The van der Waals surface area contributed by atoms with Gasteiger partial charge in [0.2, 0.25) is 0 Å². The van der Waals surface area contributed by atoms with Gasteiger partial charge in [-0.05, 0) is 19.9 Å². The Morgan fingerprint density at radius 3 is 2.50 bits per heavy atom. The van der Waals surface area contributed by atoms with Crippen molar-refractivity contribution in [1.29, 1.82) is 0 Å². The van der Waals surface area contributed by atoms with Gasteiger partial charge in [0.05, 0.1) is 0 Å². The van der Waals surface area contributed by atoms with Gasteiger partial charge in [-0.15, -0.1) is 10.2 Å². The van der Waals surface area contributed by atoms with E-state index in [2.05, 4.69) is 15.5 Å². The van der Waals surface area contributed by atoms with Crippen LogP contribution in [0.25, 0.3) is 0 Å².